The topological polar surface area (TPSA) is 98.3 Å². The van der Waals surface area contributed by atoms with Crippen molar-refractivity contribution in [1.82, 2.24) is 5.43 Å². The Morgan fingerprint density at radius 1 is 0.946 bits per heavy atom. The van der Waals surface area contributed by atoms with Crippen LogP contribution in [0, 0.1) is 6.92 Å². The van der Waals surface area contributed by atoms with Gasteiger partial charge in [-0.2, -0.15) is 5.10 Å². The van der Waals surface area contributed by atoms with E-state index in [0.29, 0.717) is 52.3 Å². The van der Waals surface area contributed by atoms with Gasteiger partial charge in [0.25, 0.3) is 11.8 Å². The number of hydrazone groups is 1. The Morgan fingerprint density at radius 2 is 1.76 bits per heavy atom. The first-order valence-corrected chi connectivity index (χ1v) is 12.3. The third kappa shape index (κ3) is 8.54. The highest BCUT2D eigenvalue weighted by atomic mass is 35.5. The molecule has 194 valence electrons. The van der Waals surface area contributed by atoms with E-state index in [1.807, 2.05) is 39.0 Å². The van der Waals surface area contributed by atoms with Crippen LogP contribution in [0.5, 0.6) is 17.2 Å². The summed E-state index contributed by atoms with van der Waals surface area (Å²) in [4.78, 5) is 24.7. The minimum absolute atomic E-state index is 0.191. The van der Waals surface area contributed by atoms with Gasteiger partial charge in [-0.1, -0.05) is 30.7 Å². The van der Waals surface area contributed by atoms with Crippen molar-refractivity contribution in [3.63, 3.8) is 0 Å². The van der Waals surface area contributed by atoms with Crippen LogP contribution in [0.2, 0.25) is 5.02 Å². The van der Waals surface area contributed by atoms with E-state index < -0.39 is 5.91 Å². The van der Waals surface area contributed by atoms with Gasteiger partial charge in [0.2, 0.25) is 0 Å². The maximum atomic E-state index is 12.5. The molecule has 3 aromatic carbocycles. The van der Waals surface area contributed by atoms with Gasteiger partial charge in [-0.15, -0.1) is 0 Å². The van der Waals surface area contributed by atoms with E-state index in [1.165, 1.54) is 6.21 Å². The summed E-state index contributed by atoms with van der Waals surface area (Å²) in [5, 5.41) is 7.09. The summed E-state index contributed by atoms with van der Waals surface area (Å²) >= 11 is 6.30. The fourth-order valence-corrected chi connectivity index (χ4v) is 3.50. The number of hydrogen-bond donors (Lipinski definition) is 2. The van der Waals surface area contributed by atoms with Crippen molar-refractivity contribution in [2.75, 3.05) is 25.1 Å². The van der Waals surface area contributed by atoms with Crippen LogP contribution < -0.4 is 25.0 Å². The van der Waals surface area contributed by atoms with Crippen LogP contribution in [-0.2, 0) is 4.79 Å². The molecule has 3 rings (SSSR count). The monoisotopic (exact) mass is 523 g/mol. The molecule has 37 heavy (non-hydrogen) atoms. The van der Waals surface area contributed by atoms with E-state index in [9.17, 15) is 9.59 Å². The Morgan fingerprint density at radius 3 is 2.49 bits per heavy atom. The molecular weight excluding hydrogens is 494 g/mol. The largest absolute Gasteiger partial charge is 0.490 e. The summed E-state index contributed by atoms with van der Waals surface area (Å²) in [7, 11) is 0. The number of rotatable bonds is 12. The molecule has 0 spiro atoms. The fourth-order valence-electron chi connectivity index (χ4n) is 3.26. The molecule has 0 unspecified atom stereocenters. The molecule has 0 aliphatic heterocycles. The summed E-state index contributed by atoms with van der Waals surface area (Å²) in [5.41, 5.74) is 5.25. The maximum Gasteiger partial charge on any atom is 0.271 e. The van der Waals surface area contributed by atoms with Gasteiger partial charge in [-0.3, -0.25) is 9.59 Å². The smallest absolute Gasteiger partial charge is 0.271 e. The van der Waals surface area contributed by atoms with Crippen LogP contribution in [0.3, 0.4) is 0 Å². The van der Waals surface area contributed by atoms with E-state index in [0.717, 1.165) is 12.0 Å². The van der Waals surface area contributed by atoms with E-state index in [-0.39, 0.29) is 12.5 Å². The van der Waals surface area contributed by atoms with Gasteiger partial charge >= 0.3 is 0 Å². The van der Waals surface area contributed by atoms with Crippen LogP contribution in [-0.4, -0.2) is 37.8 Å². The van der Waals surface area contributed by atoms with E-state index in [1.54, 1.807) is 42.5 Å². The number of benzene rings is 3. The van der Waals surface area contributed by atoms with Gasteiger partial charge in [0.15, 0.2) is 18.1 Å². The SMILES string of the molecule is CCCOc1ccc(C(=O)N/N=C/c2ccc(OCC(=O)Nc3cccc(C)c3)c(Cl)c2)cc1OCC. The van der Waals surface area contributed by atoms with Crippen molar-refractivity contribution in [3.8, 4) is 17.2 Å². The Bertz CT molecular complexity index is 1260. The lowest BCUT2D eigenvalue weighted by atomic mass is 10.2. The predicted octanol–water partition coefficient (Wildman–Crippen LogP) is 5.62. The molecule has 0 heterocycles. The zero-order chi connectivity index (χ0) is 26.6. The zero-order valence-corrected chi connectivity index (χ0v) is 21.8. The van der Waals surface area contributed by atoms with Gasteiger partial charge < -0.3 is 19.5 Å². The molecule has 9 heteroatoms. The minimum Gasteiger partial charge on any atom is -0.490 e. The van der Waals surface area contributed by atoms with Gasteiger partial charge in [0.1, 0.15) is 5.75 Å². The Balaban J connectivity index is 1.54. The third-order valence-electron chi connectivity index (χ3n) is 4.96. The molecule has 0 saturated carbocycles. The number of hydrogen-bond acceptors (Lipinski definition) is 6. The van der Waals surface area contributed by atoms with Crippen molar-refractivity contribution in [2.24, 2.45) is 5.10 Å². The number of nitrogens with zero attached hydrogens (tertiary/aromatic N) is 1. The standard InChI is InChI=1S/C28H30ClN3O5/c1-4-13-36-25-12-10-21(16-26(25)35-5-2)28(34)32-30-17-20-9-11-24(23(29)15-20)37-18-27(33)31-22-8-6-7-19(3)14-22/h6-12,14-17H,4-5,13,18H2,1-3H3,(H,31,33)(H,32,34)/b30-17+. The first kappa shape index (κ1) is 27.5. The van der Waals surface area contributed by atoms with Crippen LogP contribution >= 0.6 is 11.6 Å². The average molecular weight is 524 g/mol. The number of amides is 2. The van der Waals surface area contributed by atoms with Crippen molar-refractivity contribution >= 4 is 35.3 Å². The molecule has 2 amide bonds. The van der Waals surface area contributed by atoms with Gasteiger partial charge in [-0.05, 0) is 79.9 Å². The average Bonchev–Trinajstić information content (AvgIpc) is 2.87. The molecule has 0 aliphatic carbocycles. The molecule has 0 fully saturated rings. The number of aryl methyl sites for hydroxylation is 1. The highest BCUT2D eigenvalue weighted by Gasteiger charge is 2.12. The minimum atomic E-state index is -0.398. The second kappa shape index (κ2) is 13.9. The van der Waals surface area contributed by atoms with E-state index in [4.69, 9.17) is 25.8 Å². The lowest BCUT2D eigenvalue weighted by Gasteiger charge is -2.12. The van der Waals surface area contributed by atoms with E-state index in [2.05, 4.69) is 15.8 Å². The van der Waals surface area contributed by atoms with Crippen molar-refractivity contribution in [2.45, 2.75) is 27.2 Å². The molecule has 2 N–H and O–H groups in total. The molecule has 8 nitrogen and oxygen atoms in total. The molecule has 0 bridgehead atoms. The molecule has 0 aliphatic rings. The number of anilines is 1. The molecule has 0 saturated heterocycles. The van der Waals surface area contributed by atoms with Crippen molar-refractivity contribution in [1.29, 1.82) is 0 Å². The molecular formula is C28H30ClN3O5. The van der Waals surface area contributed by atoms with Crippen LogP contribution in [0.25, 0.3) is 0 Å². The Hall–Kier alpha value is -4.04. The summed E-state index contributed by atoms with van der Waals surface area (Å²) in [6.45, 7) is 6.64. The first-order chi connectivity index (χ1) is 17.9. The fraction of sp³-hybridized carbons (Fsp3) is 0.250. The molecule has 0 atom stereocenters. The number of ether oxygens (including phenoxy) is 3. The summed E-state index contributed by atoms with van der Waals surface area (Å²) in [6, 6.07) is 17.4. The second-order valence-electron chi connectivity index (χ2n) is 8.04. The van der Waals surface area contributed by atoms with Gasteiger partial charge in [0.05, 0.1) is 24.5 Å². The normalized spacial score (nSPS) is 10.7. The van der Waals surface area contributed by atoms with Crippen LogP contribution in [0.1, 0.15) is 41.8 Å². The quantitative estimate of drug-likeness (QED) is 0.237. The zero-order valence-electron chi connectivity index (χ0n) is 21.0. The summed E-state index contributed by atoms with van der Waals surface area (Å²) in [5.74, 6) is 0.754. The first-order valence-electron chi connectivity index (χ1n) is 11.9. The van der Waals surface area contributed by atoms with Crippen LogP contribution in [0.15, 0.2) is 65.8 Å². The molecule has 0 radical (unpaired) electrons. The molecule has 3 aromatic rings. The van der Waals surface area contributed by atoms with Crippen molar-refractivity contribution in [3.05, 3.63) is 82.4 Å². The predicted molar refractivity (Wildman–Crippen MR) is 145 cm³/mol. The maximum absolute atomic E-state index is 12.5. The van der Waals surface area contributed by atoms with E-state index >= 15 is 0 Å². The van der Waals surface area contributed by atoms with Gasteiger partial charge in [-0.25, -0.2) is 5.43 Å². The lowest BCUT2D eigenvalue weighted by Crippen LogP contribution is -2.20. The highest BCUT2D eigenvalue weighted by molar-refractivity contribution is 6.32. The third-order valence-corrected chi connectivity index (χ3v) is 5.26. The highest BCUT2D eigenvalue weighted by Crippen LogP contribution is 2.29. The Labute approximate surface area is 221 Å². The number of nitrogens with one attached hydrogen (secondary N) is 2. The number of carbonyl (C=O) groups is 2. The van der Waals surface area contributed by atoms with Gasteiger partial charge in [0, 0.05) is 11.3 Å². The molecule has 0 aromatic heterocycles. The summed E-state index contributed by atoms with van der Waals surface area (Å²) < 4.78 is 16.8. The number of carbonyl (C=O) groups excluding carboxylic acids is 2. The number of halogens is 1. The van der Waals surface area contributed by atoms with Crippen LogP contribution in [0.4, 0.5) is 5.69 Å². The lowest BCUT2D eigenvalue weighted by molar-refractivity contribution is -0.118. The van der Waals surface area contributed by atoms with Crippen molar-refractivity contribution < 1.29 is 23.8 Å². The Kier molecular flexibility index (Phi) is 10.3. The second-order valence-corrected chi connectivity index (χ2v) is 8.45. The summed E-state index contributed by atoms with van der Waals surface area (Å²) in [6.07, 6.45) is 2.32.